The number of sulfone groups is 1. The molecule has 2 aliphatic rings. The van der Waals surface area contributed by atoms with E-state index in [-0.39, 0.29) is 34.8 Å². The summed E-state index contributed by atoms with van der Waals surface area (Å²) in [5, 5.41) is -0.0521. The van der Waals surface area contributed by atoms with Crippen LogP contribution >= 0.6 is 0 Å². The first-order valence-corrected chi connectivity index (χ1v) is 7.04. The fourth-order valence-electron chi connectivity index (χ4n) is 3.18. The minimum atomic E-state index is -2.74. The lowest BCUT2D eigenvalue weighted by atomic mass is 9.79. The Morgan fingerprint density at radius 3 is 2.20 bits per heavy atom. The maximum Gasteiger partial charge on any atom is 0.165 e. The van der Waals surface area contributed by atoms with E-state index in [0.717, 1.165) is 23.7 Å². The lowest BCUT2D eigenvalue weighted by Crippen LogP contribution is -3.00. The largest absolute Gasteiger partial charge is 1.00 e. The van der Waals surface area contributed by atoms with Gasteiger partial charge in [-0.15, -0.1) is 0 Å². The highest BCUT2D eigenvalue weighted by Crippen LogP contribution is 2.48. The van der Waals surface area contributed by atoms with Crippen molar-refractivity contribution in [2.24, 2.45) is 0 Å². The lowest BCUT2D eigenvalue weighted by molar-refractivity contribution is -0.924. The van der Waals surface area contributed by atoms with Crippen LogP contribution in [0.15, 0.2) is 0 Å². The van der Waals surface area contributed by atoms with Crippen molar-refractivity contribution in [2.75, 3.05) is 26.9 Å². The first kappa shape index (κ1) is 13.7. The summed E-state index contributed by atoms with van der Waals surface area (Å²) >= 11 is 0. The molecule has 2 atom stereocenters. The minimum absolute atomic E-state index is 0. The molecule has 2 rings (SSSR count). The van der Waals surface area contributed by atoms with Crippen LogP contribution in [0, 0.1) is 0 Å². The summed E-state index contributed by atoms with van der Waals surface area (Å²) in [5.74, 6) is 0.411. The fraction of sp³-hybridized carbons (Fsp3) is 1.00. The molecule has 5 heteroatoms. The molecule has 0 amide bonds. The summed E-state index contributed by atoms with van der Waals surface area (Å²) in [6.45, 7) is 0. The van der Waals surface area contributed by atoms with E-state index in [4.69, 9.17) is 0 Å². The second-order valence-corrected chi connectivity index (χ2v) is 7.84. The van der Waals surface area contributed by atoms with Crippen LogP contribution in [-0.2, 0) is 9.84 Å². The maximum atomic E-state index is 11.7. The summed E-state index contributed by atoms with van der Waals surface area (Å²) in [6.07, 6.45) is 4.26. The first-order valence-electron chi connectivity index (χ1n) is 5.33. The fourth-order valence-corrected chi connectivity index (χ4v) is 6.23. The Labute approximate surface area is 110 Å². The molecule has 1 aliphatic carbocycles. The van der Waals surface area contributed by atoms with Gasteiger partial charge in [0, 0.05) is 6.42 Å². The van der Waals surface area contributed by atoms with Crippen molar-refractivity contribution in [3.05, 3.63) is 0 Å². The molecule has 1 saturated heterocycles. The van der Waals surface area contributed by atoms with Crippen molar-refractivity contribution in [3.8, 4) is 0 Å². The number of hydrogen-bond acceptors (Lipinski definition) is 2. The number of rotatable bonds is 1. The van der Waals surface area contributed by atoms with Crippen molar-refractivity contribution >= 4 is 9.84 Å². The Morgan fingerprint density at radius 2 is 1.80 bits per heavy atom. The van der Waals surface area contributed by atoms with E-state index in [0.29, 0.717) is 5.75 Å². The van der Waals surface area contributed by atoms with Gasteiger partial charge in [-0.1, -0.05) is 6.42 Å². The van der Waals surface area contributed by atoms with Gasteiger partial charge < -0.3 is 28.5 Å². The van der Waals surface area contributed by atoms with E-state index in [1.165, 1.54) is 6.42 Å². The van der Waals surface area contributed by atoms with Gasteiger partial charge in [0.1, 0.15) is 16.5 Å². The summed E-state index contributed by atoms with van der Waals surface area (Å²) in [6, 6.07) is 0. The third-order valence-electron chi connectivity index (χ3n) is 4.15. The zero-order valence-corrected chi connectivity index (χ0v) is 12.6. The average molecular weight is 345 g/mol. The van der Waals surface area contributed by atoms with Crippen LogP contribution in [0.5, 0.6) is 0 Å². The molecule has 15 heavy (non-hydrogen) atoms. The third kappa shape index (κ3) is 1.84. The SMILES string of the molecule is C[N+](C)(C)C12CCCCC1S(=O)(=O)C2.[I-]. The van der Waals surface area contributed by atoms with Crippen LogP contribution in [0.4, 0.5) is 0 Å². The molecule has 1 saturated carbocycles. The minimum Gasteiger partial charge on any atom is -1.00 e. The molecule has 0 bridgehead atoms. The molecular formula is C10H20INO2S. The van der Waals surface area contributed by atoms with Gasteiger partial charge in [0.2, 0.25) is 0 Å². The van der Waals surface area contributed by atoms with Crippen molar-refractivity contribution in [3.63, 3.8) is 0 Å². The highest BCUT2D eigenvalue weighted by Gasteiger charge is 2.66. The van der Waals surface area contributed by atoms with Crippen LogP contribution < -0.4 is 24.0 Å². The number of hydrogen-bond donors (Lipinski definition) is 0. The molecule has 3 nitrogen and oxygen atoms in total. The second-order valence-electron chi connectivity index (χ2n) is 5.66. The molecule has 0 aromatic rings. The third-order valence-corrected chi connectivity index (χ3v) is 6.59. The topological polar surface area (TPSA) is 34.1 Å². The van der Waals surface area contributed by atoms with E-state index in [2.05, 4.69) is 21.1 Å². The van der Waals surface area contributed by atoms with Crippen LogP contribution in [0.3, 0.4) is 0 Å². The molecule has 1 aliphatic heterocycles. The Bertz CT molecular complexity index is 347. The lowest BCUT2D eigenvalue weighted by Gasteiger charge is -2.58. The van der Waals surface area contributed by atoms with Gasteiger partial charge in [0.05, 0.1) is 21.1 Å². The highest BCUT2D eigenvalue weighted by molar-refractivity contribution is 7.93. The van der Waals surface area contributed by atoms with E-state index >= 15 is 0 Å². The molecule has 1 heterocycles. The standard InChI is InChI=1S/C10H20NO2S.HI/c1-11(2,3)10-7-5-4-6-9(10)14(12,13)8-10;/h9H,4-8H2,1-3H3;1H/q+1;/p-1. The van der Waals surface area contributed by atoms with Gasteiger partial charge >= 0.3 is 0 Å². The molecule has 90 valence electrons. The molecule has 0 radical (unpaired) electrons. The Morgan fingerprint density at radius 1 is 1.20 bits per heavy atom. The summed E-state index contributed by atoms with van der Waals surface area (Å²) in [5.41, 5.74) is 0.0388. The number of nitrogens with zero attached hydrogens (tertiary/aromatic N) is 1. The predicted molar refractivity (Wildman–Crippen MR) is 56.8 cm³/mol. The second kappa shape index (κ2) is 3.84. The van der Waals surface area contributed by atoms with E-state index in [9.17, 15) is 8.42 Å². The van der Waals surface area contributed by atoms with Crippen LogP contribution in [0.1, 0.15) is 25.7 Å². The Hall–Kier alpha value is 0.640. The normalized spacial score (nSPS) is 38.5. The first-order chi connectivity index (χ1) is 6.30. The van der Waals surface area contributed by atoms with Crippen molar-refractivity contribution in [1.29, 1.82) is 0 Å². The molecule has 2 fully saturated rings. The van der Waals surface area contributed by atoms with E-state index in [1.807, 2.05) is 0 Å². The van der Waals surface area contributed by atoms with Gasteiger partial charge in [-0.2, -0.15) is 0 Å². The van der Waals surface area contributed by atoms with Gasteiger partial charge in [0.25, 0.3) is 0 Å². The summed E-state index contributed by atoms with van der Waals surface area (Å²) in [7, 11) is 3.66. The average Bonchev–Trinajstić information content (AvgIpc) is 2.00. The van der Waals surface area contributed by atoms with E-state index in [1.54, 1.807) is 0 Å². The highest BCUT2D eigenvalue weighted by atomic mass is 127. The molecule has 0 aromatic heterocycles. The van der Waals surface area contributed by atoms with Crippen LogP contribution in [0.25, 0.3) is 0 Å². The van der Waals surface area contributed by atoms with Gasteiger partial charge in [0.15, 0.2) is 9.84 Å². The zero-order chi connectivity index (χ0) is 10.6. The maximum absolute atomic E-state index is 11.7. The van der Waals surface area contributed by atoms with Crippen LogP contribution in [-0.4, -0.2) is 50.6 Å². The van der Waals surface area contributed by atoms with Crippen molar-refractivity contribution in [1.82, 2.24) is 0 Å². The predicted octanol–water partition coefficient (Wildman–Crippen LogP) is -2.19. The summed E-state index contributed by atoms with van der Waals surface area (Å²) < 4.78 is 24.2. The number of halogens is 1. The quantitative estimate of drug-likeness (QED) is 0.400. The monoisotopic (exact) mass is 345 g/mol. The Balaban J connectivity index is 0.00000112. The molecule has 0 N–H and O–H groups in total. The van der Waals surface area contributed by atoms with Gasteiger partial charge in [-0.3, -0.25) is 0 Å². The van der Waals surface area contributed by atoms with E-state index < -0.39 is 9.84 Å². The molecular weight excluding hydrogens is 325 g/mol. The van der Waals surface area contributed by atoms with Crippen molar-refractivity contribution < 1.29 is 36.9 Å². The zero-order valence-electron chi connectivity index (χ0n) is 9.66. The van der Waals surface area contributed by atoms with Crippen molar-refractivity contribution in [2.45, 2.75) is 36.5 Å². The van der Waals surface area contributed by atoms with Gasteiger partial charge in [-0.25, -0.2) is 8.42 Å². The molecule has 2 unspecified atom stereocenters. The summed E-state index contributed by atoms with van der Waals surface area (Å²) in [4.78, 5) is 0. The Kier molecular flexibility index (Phi) is 3.51. The van der Waals surface area contributed by atoms with Crippen LogP contribution in [0.2, 0.25) is 0 Å². The van der Waals surface area contributed by atoms with Gasteiger partial charge in [-0.05, 0) is 12.8 Å². The number of fused-ring (bicyclic) bond motifs is 1. The molecule has 0 aromatic carbocycles. The smallest absolute Gasteiger partial charge is 0.165 e. The number of quaternary nitrogens is 1. The molecule has 0 spiro atoms.